The molecule has 0 saturated carbocycles. The van der Waals surface area contributed by atoms with Crippen LogP contribution in [0.15, 0.2) is 42.1 Å². The summed E-state index contributed by atoms with van der Waals surface area (Å²) in [5.41, 5.74) is 0.635. The van der Waals surface area contributed by atoms with Crippen LogP contribution < -0.4 is 14.4 Å². The van der Waals surface area contributed by atoms with Crippen LogP contribution in [-0.2, 0) is 14.8 Å². The summed E-state index contributed by atoms with van der Waals surface area (Å²) in [7, 11) is -3.40. The maximum absolute atomic E-state index is 13.1. The Bertz CT molecular complexity index is 927. The van der Waals surface area contributed by atoms with E-state index in [1.54, 1.807) is 36.9 Å². The first-order valence-corrected chi connectivity index (χ1v) is 10.3. The number of amides is 1. The highest BCUT2D eigenvalue weighted by molar-refractivity contribution is 7.92. The summed E-state index contributed by atoms with van der Waals surface area (Å²) in [6.45, 7) is 7.62. The van der Waals surface area contributed by atoms with Gasteiger partial charge in [-0.25, -0.2) is 8.42 Å². The van der Waals surface area contributed by atoms with Gasteiger partial charge < -0.3 is 4.74 Å². The second-order valence-corrected chi connectivity index (χ2v) is 9.63. The minimum Gasteiger partial charge on any atom is -0.476 e. The van der Waals surface area contributed by atoms with Crippen molar-refractivity contribution in [2.45, 2.75) is 39.7 Å². The first-order valence-electron chi connectivity index (χ1n) is 8.43. The maximum atomic E-state index is 13.1. The number of hydrogen-bond donors (Lipinski definition) is 1. The number of nitrogens with one attached hydrogen (secondary N) is 1. The standard InChI is InChI=1S/C19H24N2O4S/c1-18(2)11-7-6-8-16(18)21-14-10-9-13(20-26(5,23)24)12-15(14)25-19(3,4)17(21)22/h6-10,12,20H,11H2,1-5H3. The van der Waals surface area contributed by atoms with E-state index < -0.39 is 15.6 Å². The summed E-state index contributed by atoms with van der Waals surface area (Å²) in [6, 6.07) is 4.96. The number of benzene rings is 1. The lowest BCUT2D eigenvalue weighted by Gasteiger charge is -2.44. The molecule has 0 saturated heterocycles. The number of carbonyl (C=O) groups excluding carboxylic acids is 1. The van der Waals surface area contributed by atoms with Crippen LogP contribution in [0.3, 0.4) is 0 Å². The lowest BCUT2D eigenvalue weighted by molar-refractivity contribution is -0.132. The Morgan fingerprint density at radius 1 is 1.19 bits per heavy atom. The molecule has 0 aromatic heterocycles. The number of nitrogens with zero attached hydrogens (tertiary/aromatic N) is 1. The maximum Gasteiger partial charge on any atom is 0.275 e. The summed E-state index contributed by atoms with van der Waals surface area (Å²) < 4.78 is 31.4. The van der Waals surface area contributed by atoms with E-state index in [4.69, 9.17) is 4.74 Å². The van der Waals surface area contributed by atoms with Crippen LogP contribution in [0.25, 0.3) is 0 Å². The highest BCUT2D eigenvalue weighted by Crippen LogP contribution is 2.46. The van der Waals surface area contributed by atoms with Crippen LogP contribution in [0, 0.1) is 5.41 Å². The number of sulfonamides is 1. The Labute approximate surface area is 154 Å². The molecule has 0 atom stereocenters. The zero-order valence-electron chi connectivity index (χ0n) is 15.7. The molecule has 0 unspecified atom stereocenters. The van der Waals surface area contributed by atoms with Gasteiger partial charge in [0.15, 0.2) is 5.60 Å². The second-order valence-electron chi connectivity index (χ2n) is 7.88. The molecule has 1 N–H and O–H groups in total. The average Bonchev–Trinajstić information content (AvgIpc) is 2.47. The van der Waals surface area contributed by atoms with Crippen LogP contribution in [-0.4, -0.2) is 26.2 Å². The zero-order valence-corrected chi connectivity index (χ0v) is 16.5. The number of anilines is 2. The van der Waals surface area contributed by atoms with Crippen molar-refractivity contribution in [2.75, 3.05) is 15.9 Å². The van der Waals surface area contributed by atoms with Gasteiger partial charge in [-0.3, -0.25) is 14.4 Å². The van der Waals surface area contributed by atoms with Crippen molar-refractivity contribution in [3.05, 3.63) is 42.1 Å². The van der Waals surface area contributed by atoms with E-state index in [0.29, 0.717) is 17.1 Å². The molecule has 3 rings (SSSR count). The summed E-state index contributed by atoms with van der Waals surface area (Å²) in [6.07, 6.45) is 7.91. The van der Waals surface area contributed by atoms with Gasteiger partial charge in [0.05, 0.1) is 17.6 Å². The van der Waals surface area contributed by atoms with Crippen molar-refractivity contribution in [1.82, 2.24) is 0 Å². The van der Waals surface area contributed by atoms with Gasteiger partial charge in [0.25, 0.3) is 5.91 Å². The molecule has 1 aliphatic heterocycles. The largest absolute Gasteiger partial charge is 0.476 e. The average molecular weight is 376 g/mol. The number of fused-ring (bicyclic) bond motifs is 1. The van der Waals surface area contributed by atoms with Crippen LogP contribution >= 0.6 is 0 Å². The minimum atomic E-state index is -3.40. The molecule has 0 radical (unpaired) electrons. The first-order chi connectivity index (χ1) is 11.9. The molecule has 0 fully saturated rings. The SMILES string of the molecule is CC1(C)CC=CC=C1N1C(=O)C(C)(C)Oc2cc(NS(C)(=O)=O)ccc21. The molecular weight excluding hydrogens is 352 g/mol. The van der Waals surface area contributed by atoms with Gasteiger partial charge in [0, 0.05) is 17.2 Å². The van der Waals surface area contributed by atoms with Gasteiger partial charge in [0.1, 0.15) is 5.75 Å². The Morgan fingerprint density at radius 2 is 1.88 bits per heavy atom. The van der Waals surface area contributed by atoms with Crippen molar-refractivity contribution < 1.29 is 17.9 Å². The number of carbonyl (C=O) groups is 1. The van der Waals surface area contributed by atoms with Crippen molar-refractivity contribution >= 4 is 27.3 Å². The van der Waals surface area contributed by atoms with E-state index in [2.05, 4.69) is 24.6 Å². The Hall–Kier alpha value is -2.28. The molecule has 6 nitrogen and oxygen atoms in total. The first kappa shape index (κ1) is 18.5. The quantitative estimate of drug-likeness (QED) is 0.877. The van der Waals surface area contributed by atoms with Crippen molar-refractivity contribution in [1.29, 1.82) is 0 Å². The Balaban J connectivity index is 2.14. The molecule has 1 aromatic rings. The summed E-state index contributed by atoms with van der Waals surface area (Å²) in [5, 5.41) is 0. The third kappa shape index (κ3) is 3.35. The van der Waals surface area contributed by atoms with Crippen LogP contribution in [0.1, 0.15) is 34.1 Å². The molecule has 26 heavy (non-hydrogen) atoms. The van der Waals surface area contributed by atoms with Crippen LogP contribution in [0.5, 0.6) is 5.75 Å². The smallest absolute Gasteiger partial charge is 0.275 e. The van der Waals surface area contributed by atoms with Gasteiger partial charge in [-0.1, -0.05) is 26.0 Å². The lowest BCUT2D eigenvalue weighted by atomic mass is 9.81. The van der Waals surface area contributed by atoms with Crippen LogP contribution in [0.2, 0.25) is 0 Å². The fraction of sp³-hybridized carbons (Fsp3) is 0.421. The zero-order chi connectivity index (χ0) is 19.3. The van der Waals surface area contributed by atoms with Crippen molar-refractivity contribution in [3.8, 4) is 5.75 Å². The number of rotatable bonds is 3. The molecular formula is C19H24N2O4S. The van der Waals surface area contributed by atoms with E-state index >= 15 is 0 Å². The molecule has 1 aliphatic carbocycles. The molecule has 140 valence electrons. The molecule has 0 spiro atoms. The van der Waals surface area contributed by atoms with E-state index in [1.165, 1.54) is 0 Å². The number of ether oxygens (including phenoxy) is 1. The van der Waals surface area contributed by atoms with E-state index in [-0.39, 0.29) is 11.3 Å². The Kier molecular flexibility index (Phi) is 4.18. The monoisotopic (exact) mass is 376 g/mol. The molecule has 7 heteroatoms. The molecule has 0 bridgehead atoms. The summed E-state index contributed by atoms with van der Waals surface area (Å²) >= 11 is 0. The molecule has 1 heterocycles. The molecule has 1 aromatic carbocycles. The molecule has 1 amide bonds. The minimum absolute atomic E-state index is 0.150. The topological polar surface area (TPSA) is 75.7 Å². The second kappa shape index (κ2) is 5.87. The summed E-state index contributed by atoms with van der Waals surface area (Å²) in [4.78, 5) is 14.8. The van der Waals surface area contributed by atoms with Crippen molar-refractivity contribution in [2.24, 2.45) is 5.41 Å². The third-order valence-electron chi connectivity index (χ3n) is 4.54. The Morgan fingerprint density at radius 3 is 2.50 bits per heavy atom. The normalized spacial score (nSPS) is 20.9. The number of hydrogen-bond acceptors (Lipinski definition) is 4. The van der Waals surface area contributed by atoms with Crippen LogP contribution in [0.4, 0.5) is 11.4 Å². The highest BCUT2D eigenvalue weighted by Gasteiger charge is 2.45. The summed E-state index contributed by atoms with van der Waals surface area (Å²) in [5.74, 6) is 0.318. The fourth-order valence-electron chi connectivity index (χ4n) is 3.22. The number of allylic oxidation sites excluding steroid dienone is 4. The lowest BCUT2D eigenvalue weighted by Crippen LogP contribution is -2.53. The predicted molar refractivity (Wildman–Crippen MR) is 103 cm³/mol. The van der Waals surface area contributed by atoms with Crippen molar-refractivity contribution in [3.63, 3.8) is 0 Å². The van der Waals surface area contributed by atoms with E-state index in [9.17, 15) is 13.2 Å². The van der Waals surface area contributed by atoms with Gasteiger partial charge in [-0.05, 0) is 38.5 Å². The fourth-order valence-corrected chi connectivity index (χ4v) is 3.78. The van der Waals surface area contributed by atoms with E-state index in [1.807, 2.05) is 12.2 Å². The van der Waals surface area contributed by atoms with Gasteiger partial charge in [0.2, 0.25) is 10.0 Å². The third-order valence-corrected chi connectivity index (χ3v) is 5.15. The van der Waals surface area contributed by atoms with Gasteiger partial charge >= 0.3 is 0 Å². The molecule has 2 aliphatic rings. The highest BCUT2D eigenvalue weighted by atomic mass is 32.2. The van der Waals surface area contributed by atoms with Gasteiger partial charge in [-0.15, -0.1) is 0 Å². The predicted octanol–water partition coefficient (Wildman–Crippen LogP) is 3.43. The van der Waals surface area contributed by atoms with Gasteiger partial charge in [-0.2, -0.15) is 0 Å². The van der Waals surface area contributed by atoms with E-state index in [0.717, 1.165) is 18.4 Å².